The van der Waals surface area contributed by atoms with Crippen molar-refractivity contribution in [3.8, 4) is 0 Å². The molecule has 1 saturated carbocycles. The Morgan fingerprint density at radius 2 is 2.05 bits per heavy atom. The maximum Gasteiger partial charge on any atom is 0.410 e. The summed E-state index contributed by atoms with van der Waals surface area (Å²) in [5.41, 5.74) is -0.441. The van der Waals surface area contributed by atoms with Crippen molar-refractivity contribution in [3.63, 3.8) is 0 Å². The van der Waals surface area contributed by atoms with Crippen molar-refractivity contribution in [2.24, 2.45) is 5.92 Å². The Hall–Kier alpha value is -0.810. The molecule has 5 nitrogen and oxygen atoms in total. The van der Waals surface area contributed by atoms with E-state index in [0.29, 0.717) is 18.5 Å². The minimum absolute atomic E-state index is 0.170. The molecule has 128 valence electrons. The van der Waals surface area contributed by atoms with Gasteiger partial charge in [-0.1, -0.05) is 6.42 Å². The van der Waals surface area contributed by atoms with Crippen molar-refractivity contribution in [1.82, 2.24) is 10.2 Å². The SMILES string of the molecule is C[C@@H](O)CN[C@@H]1CCC[C@H]1[C@H]1CCCN1C(=O)OC(C)(C)C. The van der Waals surface area contributed by atoms with Gasteiger partial charge < -0.3 is 20.1 Å². The third kappa shape index (κ3) is 4.59. The number of hydrogen-bond acceptors (Lipinski definition) is 4. The summed E-state index contributed by atoms with van der Waals surface area (Å²) in [4.78, 5) is 14.4. The highest BCUT2D eigenvalue weighted by atomic mass is 16.6. The predicted molar refractivity (Wildman–Crippen MR) is 86.8 cm³/mol. The number of carbonyl (C=O) groups excluding carboxylic acids is 1. The fourth-order valence-electron chi connectivity index (χ4n) is 3.81. The summed E-state index contributed by atoms with van der Waals surface area (Å²) < 4.78 is 5.57. The first-order valence-corrected chi connectivity index (χ1v) is 8.69. The molecule has 0 unspecified atom stereocenters. The number of hydrogen-bond donors (Lipinski definition) is 2. The van der Waals surface area contributed by atoms with Crippen molar-refractivity contribution in [2.75, 3.05) is 13.1 Å². The van der Waals surface area contributed by atoms with Crippen LogP contribution in [0, 0.1) is 5.92 Å². The molecule has 1 heterocycles. The summed E-state index contributed by atoms with van der Waals surface area (Å²) >= 11 is 0. The zero-order valence-corrected chi connectivity index (χ0v) is 14.5. The van der Waals surface area contributed by atoms with Crippen LogP contribution in [0.4, 0.5) is 4.79 Å². The first kappa shape index (κ1) is 17.5. The van der Waals surface area contributed by atoms with Gasteiger partial charge in [-0.05, 0) is 59.3 Å². The second-order valence-electron chi connectivity index (χ2n) is 7.84. The molecule has 2 N–H and O–H groups in total. The van der Waals surface area contributed by atoms with Gasteiger partial charge in [-0.2, -0.15) is 0 Å². The number of likely N-dealkylation sites (tertiary alicyclic amines) is 1. The van der Waals surface area contributed by atoms with Gasteiger partial charge >= 0.3 is 6.09 Å². The molecule has 2 aliphatic rings. The molecule has 2 fully saturated rings. The van der Waals surface area contributed by atoms with E-state index >= 15 is 0 Å². The largest absolute Gasteiger partial charge is 0.444 e. The number of rotatable bonds is 4. The zero-order chi connectivity index (χ0) is 16.3. The van der Waals surface area contributed by atoms with Crippen LogP contribution in [0.5, 0.6) is 0 Å². The van der Waals surface area contributed by atoms with Crippen LogP contribution in [0.2, 0.25) is 0 Å². The third-order valence-electron chi connectivity index (χ3n) is 4.67. The number of aliphatic hydroxyl groups is 1. The molecule has 4 atom stereocenters. The smallest absolute Gasteiger partial charge is 0.410 e. The molecule has 5 heteroatoms. The molecule has 0 aromatic carbocycles. The van der Waals surface area contributed by atoms with Gasteiger partial charge in [-0.15, -0.1) is 0 Å². The maximum atomic E-state index is 12.4. The van der Waals surface area contributed by atoms with Crippen molar-refractivity contribution >= 4 is 6.09 Å². The van der Waals surface area contributed by atoms with Crippen molar-refractivity contribution in [2.45, 2.75) is 83.6 Å². The second-order valence-corrected chi connectivity index (χ2v) is 7.84. The number of carbonyl (C=O) groups is 1. The van der Waals surface area contributed by atoms with Gasteiger partial charge in [0.15, 0.2) is 0 Å². The lowest BCUT2D eigenvalue weighted by Gasteiger charge is -2.34. The Labute approximate surface area is 134 Å². The molecule has 0 radical (unpaired) electrons. The Morgan fingerprint density at radius 3 is 2.68 bits per heavy atom. The van der Waals surface area contributed by atoms with E-state index in [1.54, 1.807) is 6.92 Å². The lowest BCUT2D eigenvalue weighted by molar-refractivity contribution is 0.0164. The lowest BCUT2D eigenvalue weighted by Crippen LogP contribution is -2.48. The molecule has 1 aliphatic carbocycles. The Kier molecular flexibility index (Phi) is 5.72. The molecular weight excluding hydrogens is 280 g/mol. The summed E-state index contributed by atoms with van der Waals surface area (Å²) in [6.45, 7) is 8.98. The van der Waals surface area contributed by atoms with E-state index in [-0.39, 0.29) is 18.2 Å². The van der Waals surface area contributed by atoms with Crippen LogP contribution in [-0.2, 0) is 4.74 Å². The first-order valence-electron chi connectivity index (χ1n) is 8.69. The quantitative estimate of drug-likeness (QED) is 0.837. The van der Waals surface area contributed by atoms with Crippen molar-refractivity contribution in [3.05, 3.63) is 0 Å². The van der Waals surface area contributed by atoms with E-state index in [1.165, 1.54) is 6.42 Å². The van der Waals surface area contributed by atoms with Crippen LogP contribution < -0.4 is 5.32 Å². The number of amides is 1. The standard InChI is InChI=1S/C17H32N2O3/c1-12(20)11-18-14-8-5-7-13(14)15-9-6-10-19(15)16(21)22-17(2,3)4/h12-15,18,20H,5-11H2,1-4H3/t12-,13-,14-,15-/m1/s1. The van der Waals surface area contributed by atoms with Crippen molar-refractivity contribution < 1.29 is 14.6 Å². The summed E-state index contributed by atoms with van der Waals surface area (Å²) in [5.74, 6) is 0.480. The number of nitrogens with one attached hydrogen (secondary N) is 1. The van der Waals surface area contributed by atoms with E-state index in [2.05, 4.69) is 5.32 Å². The molecule has 0 aromatic rings. The van der Waals surface area contributed by atoms with Crippen LogP contribution in [0.25, 0.3) is 0 Å². The Morgan fingerprint density at radius 1 is 1.32 bits per heavy atom. The van der Waals surface area contributed by atoms with E-state index in [0.717, 1.165) is 32.2 Å². The molecule has 0 bridgehead atoms. The van der Waals surface area contributed by atoms with Gasteiger partial charge in [0.1, 0.15) is 5.60 Å². The van der Waals surface area contributed by atoms with E-state index in [9.17, 15) is 9.90 Å². The van der Waals surface area contributed by atoms with Gasteiger partial charge in [0.2, 0.25) is 0 Å². The molecule has 0 aromatic heterocycles. The highest BCUT2D eigenvalue weighted by Crippen LogP contribution is 2.36. The van der Waals surface area contributed by atoms with Crippen LogP contribution in [0.1, 0.15) is 59.8 Å². The highest BCUT2D eigenvalue weighted by molar-refractivity contribution is 5.69. The Balaban J connectivity index is 1.98. The summed E-state index contributed by atoms with van der Waals surface area (Å²) in [6.07, 6.45) is 5.11. The van der Waals surface area contributed by atoms with Crippen LogP contribution in [0.3, 0.4) is 0 Å². The number of nitrogens with zero attached hydrogens (tertiary/aromatic N) is 1. The minimum Gasteiger partial charge on any atom is -0.444 e. The van der Waals surface area contributed by atoms with Crippen LogP contribution in [0.15, 0.2) is 0 Å². The Bertz CT molecular complexity index is 379. The van der Waals surface area contributed by atoms with Gasteiger partial charge in [0.25, 0.3) is 0 Å². The molecular formula is C17H32N2O3. The van der Waals surface area contributed by atoms with Crippen molar-refractivity contribution in [1.29, 1.82) is 0 Å². The maximum absolute atomic E-state index is 12.4. The molecule has 1 amide bonds. The average molecular weight is 312 g/mol. The number of ether oxygens (including phenoxy) is 1. The number of aliphatic hydroxyl groups excluding tert-OH is 1. The molecule has 1 aliphatic heterocycles. The molecule has 2 rings (SSSR count). The van der Waals surface area contributed by atoms with E-state index in [4.69, 9.17) is 4.74 Å². The topological polar surface area (TPSA) is 61.8 Å². The van der Waals surface area contributed by atoms with Gasteiger partial charge in [-0.25, -0.2) is 4.79 Å². The van der Waals surface area contributed by atoms with Gasteiger partial charge in [0.05, 0.1) is 6.10 Å². The zero-order valence-electron chi connectivity index (χ0n) is 14.5. The van der Waals surface area contributed by atoms with Crippen LogP contribution >= 0.6 is 0 Å². The summed E-state index contributed by atoms with van der Waals surface area (Å²) in [7, 11) is 0. The van der Waals surface area contributed by atoms with Gasteiger partial charge in [0, 0.05) is 25.2 Å². The fraction of sp³-hybridized carbons (Fsp3) is 0.941. The average Bonchev–Trinajstić information content (AvgIpc) is 3.02. The summed E-state index contributed by atoms with van der Waals surface area (Å²) in [5, 5.41) is 13.0. The molecule has 1 saturated heterocycles. The third-order valence-corrected chi connectivity index (χ3v) is 4.67. The molecule has 0 spiro atoms. The van der Waals surface area contributed by atoms with E-state index < -0.39 is 5.60 Å². The lowest BCUT2D eigenvalue weighted by atomic mass is 9.92. The minimum atomic E-state index is -0.441. The highest BCUT2D eigenvalue weighted by Gasteiger charge is 2.41. The summed E-state index contributed by atoms with van der Waals surface area (Å²) in [6, 6.07) is 0.687. The molecule has 22 heavy (non-hydrogen) atoms. The van der Waals surface area contributed by atoms with Gasteiger partial charge in [-0.3, -0.25) is 0 Å². The normalized spacial score (nSPS) is 30.6. The predicted octanol–water partition coefficient (Wildman–Crippen LogP) is 2.53. The van der Waals surface area contributed by atoms with Crippen LogP contribution in [-0.4, -0.2) is 53.0 Å². The van der Waals surface area contributed by atoms with E-state index in [1.807, 2.05) is 25.7 Å². The first-order chi connectivity index (χ1) is 10.3. The second kappa shape index (κ2) is 7.18. The fourth-order valence-corrected chi connectivity index (χ4v) is 3.81. The monoisotopic (exact) mass is 312 g/mol.